The Morgan fingerprint density at radius 2 is 0.853 bits per heavy atom. The Hall–Kier alpha value is -3.52. The molecule has 0 atom stereocenters. The summed E-state index contributed by atoms with van der Waals surface area (Å²) in [6, 6.07) is 25.9. The topological polar surface area (TPSA) is 52.0 Å². The molecule has 0 aliphatic heterocycles. The highest BCUT2D eigenvalue weighted by molar-refractivity contribution is 6.00. The van der Waals surface area contributed by atoms with E-state index in [2.05, 4.69) is 72.8 Å². The lowest BCUT2D eigenvalue weighted by Crippen LogP contribution is -2.13. The molecule has 0 saturated heterocycles. The van der Waals surface area contributed by atoms with Crippen LogP contribution in [0.5, 0.6) is 0 Å². The van der Waals surface area contributed by atoms with Crippen LogP contribution >= 0.6 is 0 Å². The van der Waals surface area contributed by atoms with Crippen molar-refractivity contribution in [2.45, 2.75) is 51.4 Å². The molecule has 34 heavy (non-hydrogen) atoms. The van der Waals surface area contributed by atoms with Gasteiger partial charge < -0.3 is 11.5 Å². The number of nitrogen functional groups attached to an aromatic ring is 2. The van der Waals surface area contributed by atoms with Gasteiger partial charge in [-0.2, -0.15) is 0 Å². The minimum atomic E-state index is 0.886. The number of fused-ring (bicyclic) bond motifs is 2. The maximum atomic E-state index is 7.11. The van der Waals surface area contributed by atoms with E-state index in [1.807, 2.05) is 0 Å². The van der Waals surface area contributed by atoms with E-state index < -0.39 is 0 Å². The highest BCUT2D eigenvalue weighted by Crippen LogP contribution is 2.49. The fourth-order valence-corrected chi connectivity index (χ4v) is 6.13. The van der Waals surface area contributed by atoms with Gasteiger partial charge in [0.15, 0.2) is 0 Å². The summed E-state index contributed by atoms with van der Waals surface area (Å²) in [6.45, 7) is 0. The molecule has 6 rings (SSSR count). The molecule has 0 unspecified atom stereocenters. The summed E-state index contributed by atoms with van der Waals surface area (Å²) in [6.07, 6.45) is 9.28. The third kappa shape index (κ3) is 3.49. The Morgan fingerprint density at radius 3 is 1.26 bits per heavy atom. The molecule has 4 N–H and O–H groups in total. The summed E-state index contributed by atoms with van der Waals surface area (Å²) in [5.74, 6) is 0. The largest absolute Gasteiger partial charge is 0.398 e. The van der Waals surface area contributed by atoms with Crippen LogP contribution in [0, 0.1) is 0 Å². The molecule has 2 aliphatic carbocycles. The standard InChI is InChI=1S/C32H32N2/c33-31-27(21-11-3-1-4-12-21)19-23-15-7-9-17-25(23)29(31)30-26-18-10-8-16-24(26)20-28(32(30)34)22-13-5-2-6-14-22/h1-6,11-14,19-20H,7-10,15-18,33-34H2. The van der Waals surface area contributed by atoms with Crippen molar-refractivity contribution in [3.63, 3.8) is 0 Å². The van der Waals surface area contributed by atoms with Gasteiger partial charge in [-0.25, -0.2) is 0 Å². The van der Waals surface area contributed by atoms with Gasteiger partial charge in [-0.3, -0.25) is 0 Å². The number of rotatable bonds is 3. The van der Waals surface area contributed by atoms with Crippen LogP contribution in [0.15, 0.2) is 72.8 Å². The van der Waals surface area contributed by atoms with E-state index in [0.717, 1.165) is 48.2 Å². The number of hydrogen-bond acceptors (Lipinski definition) is 2. The number of aryl methyl sites for hydroxylation is 2. The fraction of sp³-hybridized carbons (Fsp3) is 0.250. The van der Waals surface area contributed by atoms with Crippen molar-refractivity contribution in [3.05, 3.63) is 95.1 Å². The van der Waals surface area contributed by atoms with Crippen LogP contribution in [0.1, 0.15) is 47.9 Å². The minimum Gasteiger partial charge on any atom is -0.398 e. The van der Waals surface area contributed by atoms with Crippen LogP contribution in [-0.2, 0) is 25.7 Å². The first-order valence-corrected chi connectivity index (χ1v) is 12.7. The maximum absolute atomic E-state index is 7.11. The van der Waals surface area contributed by atoms with E-state index >= 15 is 0 Å². The number of anilines is 2. The average Bonchev–Trinajstić information content (AvgIpc) is 2.90. The Labute approximate surface area is 202 Å². The summed E-state index contributed by atoms with van der Waals surface area (Å²) in [7, 11) is 0. The Bertz CT molecular complexity index is 1250. The number of nitrogens with two attached hydrogens (primary N) is 2. The molecule has 0 heterocycles. The van der Waals surface area contributed by atoms with Gasteiger partial charge in [0.2, 0.25) is 0 Å². The van der Waals surface area contributed by atoms with Gasteiger partial charge in [0.25, 0.3) is 0 Å². The molecule has 2 aliphatic rings. The smallest absolute Gasteiger partial charge is 0.0477 e. The molecule has 0 bridgehead atoms. The molecule has 0 saturated carbocycles. The van der Waals surface area contributed by atoms with Crippen molar-refractivity contribution in [2.75, 3.05) is 11.5 Å². The molecule has 4 aromatic carbocycles. The van der Waals surface area contributed by atoms with Crippen molar-refractivity contribution >= 4 is 11.4 Å². The van der Waals surface area contributed by atoms with Crippen LogP contribution in [0.3, 0.4) is 0 Å². The predicted molar refractivity (Wildman–Crippen MR) is 145 cm³/mol. The van der Waals surface area contributed by atoms with Crippen molar-refractivity contribution in [1.82, 2.24) is 0 Å². The van der Waals surface area contributed by atoms with Crippen LogP contribution in [0.25, 0.3) is 33.4 Å². The molecule has 0 fully saturated rings. The van der Waals surface area contributed by atoms with E-state index in [1.54, 1.807) is 0 Å². The Kier molecular flexibility index (Phi) is 5.37. The fourth-order valence-electron chi connectivity index (χ4n) is 6.13. The second-order valence-corrected chi connectivity index (χ2v) is 9.85. The van der Waals surface area contributed by atoms with Crippen LogP contribution in [0.4, 0.5) is 11.4 Å². The highest BCUT2D eigenvalue weighted by Gasteiger charge is 2.27. The SMILES string of the molecule is Nc1c(-c2ccccc2)cc2c(c1-c1c(N)c(-c3ccccc3)cc3c1CCCC3)CCCC2. The number of benzene rings is 4. The lowest BCUT2D eigenvalue weighted by molar-refractivity contribution is 0.682. The van der Waals surface area contributed by atoms with Gasteiger partial charge in [0.1, 0.15) is 0 Å². The molecule has 0 spiro atoms. The Morgan fingerprint density at radius 1 is 0.471 bits per heavy atom. The zero-order valence-corrected chi connectivity index (χ0v) is 19.7. The second kappa shape index (κ2) is 8.68. The molecule has 0 radical (unpaired) electrons. The normalized spacial score (nSPS) is 14.9. The van der Waals surface area contributed by atoms with Gasteiger partial charge >= 0.3 is 0 Å². The van der Waals surface area contributed by atoms with Gasteiger partial charge in [0, 0.05) is 33.6 Å². The Balaban J connectivity index is 1.69. The molecule has 4 aromatic rings. The van der Waals surface area contributed by atoms with E-state index in [1.165, 1.54) is 70.2 Å². The third-order valence-corrected chi connectivity index (χ3v) is 7.80. The van der Waals surface area contributed by atoms with Crippen molar-refractivity contribution in [3.8, 4) is 33.4 Å². The molecule has 2 heteroatoms. The van der Waals surface area contributed by atoms with Gasteiger partial charge in [0.05, 0.1) is 0 Å². The van der Waals surface area contributed by atoms with E-state index in [-0.39, 0.29) is 0 Å². The van der Waals surface area contributed by atoms with Crippen LogP contribution < -0.4 is 11.5 Å². The van der Waals surface area contributed by atoms with Gasteiger partial charge in [-0.05, 0) is 96.9 Å². The molecule has 0 aromatic heterocycles. The molecule has 170 valence electrons. The summed E-state index contributed by atoms with van der Waals surface area (Å²) < 4.78 is 0. The zero-order valence-electron chi connectivity index (χ0n) is 19.7. The number of hydrogen-bond donors (Lipinski definition) is 2. The van der Waals surface area contributed by atoms with E-state index in [0.29, 0.717) is 0 Å². The van der Waals surface area contributed by atoms with Crippen LogP contribution in [0.2, 0.25) is 0 Å². The lowest BCUT2D eigenvalue weighted by atomic mass is 9.76. The van der Waals surface area contributed by atoms with E-state index in [4.69, 9.17) is 11.5 Å². The first kappa shape index (κ1) is 21.0. The summed E-state index contributed by atoms with van der Waals surface area (Å²) >= 11 is 0. The predicted octanol–water partition coefficient (Wildman–Crippen LogP) is 7.61. The highest BCUT2D eigenvalue weighted by atomic mass is 14.6. The zero-order chi connectivity index (χ0) is 23.1. The first-order chi connectivity index (χ1) is 16.7. The molecular weight excluding hydrogens is 412 g/mol. The molecular formula is C32H32N2. The van der Waals surface area contributed by atoms with E-state index in [9.17, 15) is 0 Å². The summed E-state index contributed by atoms with van der Waals surface area (Å²) in [5, 5.41) is 0. The van der Waals surface area contributed by atoms with Crippen LogP contribution in [-0.4, -0.2) is 0 Å². The third-order valence-electron chi connectivity index (χ3n) is 7.80. The van der Waals surface area contributed by atoms with Crippen molar-refractivity contribution < 1.29 is 0 Å². The molecule has 2 nitrogen and oxygen atoms in total. The minimum absolute atomic E-state index is 0.886. The average molecular weight is 445 g/mol. The monoisotopic (exact) mass is 444 g/mol. The quantitative estimate of drug-likeness (QED) is 0.319. The second-order valence-electron chi connectivity index (χ2n) is 9.85. The summed E-state index contributed by atoms with van der Waals surface area (Å²) in [5.41, 5.74) is 28.8. The van der Waals surface area contributed by atoms with Gasteiger partial charge in [-0.1, -0.05) is 60.7 Å². The lowest BCUT2D eigenvalue weighted by Gasteiger charge is -2.29. The molecule has 0 amide bonds. The van der Waals surface area contributed by atoms with Crippen molar-refractivity contribution in [1.29, 1.82) is 0 Å². The van der Waals surface area contributed by atoms with Gasteiger partial charge in [-0.15, -0.1) is 0 Å². The first-order valence-electron chi connectivity index (χ1n) is 12.7. The maximum Gasteiger partial charge on any atom is 0.0477 e. The van der Waals surface area contributed by atoms with Crippen molar-refractivity contribution in [2.24, 2.45) is 0 Å². The summed E-state index contributed by atoms with van der Waals surface area (Å²) in [4.78, 5) is 0.